The number of halogens is 2. The van der Waals surface area contributed by atoms with E-state index in [1.807, 2.05) is 61.2 Å². The molecule has 1 amide bonds. The maximum Gasteiger partial charge on any atom is 1.00 e. The first-order valence-corrected chi connectivity index (χ1v) is 16.7. The summed E-state index contributed by atoms with van der Waals surface area (Å²) in [7, 11) is 0. The van der Waals surface area contributed by atoms with Crippen LogP contribution in [0.25, 0.3) is 16.2 Å². The summed E-state index contributed by atoms with van der Waals surface area (Å²) in [5.41, 5.74) is 4.09. The number of nitrogens with zero attached hydrogens (tertiary/aromatic N) is 4. The van der Waals surface area contributed by atoms with Gasteiger partial charge in [0.25, 0.3) is 0 Å². The summed E-state index contributed by atoms with van der Waals surface area (Å²) in [6.07, 6.45) is 11.3. The molecule has 1 atom stereocenters. The van der Waals surface area contributed by atoms with Crippen LogP contribution < -0.4 is 28.3 Å². The summed E-state index contributed by atoms with van der Waals surface area (Å²) in [6.45, 7) is 3.95. The first-order chi connectivity index (χ1) is 22.5. The van der Waals surface area contributed by atoms with Crippen molar-refractivity contribution in [3.63, 3.8) is 0 Å². The molecule has 0 saturated carbocycles. The normalized spacial score (nSPS) is 14.1. The van der Waals surface area contributed by atoms with Gasteiger partial charge in [0.05, 0.1) is 12.9 Å². The van der Waals surface area contributed by atoms with Crippen molar-refractivity contribution in [2.75, 3.05) is 26.2 Å². The van der Waals surface area contributed by atoms with E-state index in [2.05, 4.69) is 19.9 Å². The minimum Gasteiger partial charge on any atom is -0.662 e. The Hall–Kier alpha value is -3.38. The average molecular weight is 667 g/mol. The van der Waals surface area contributed by atoms with Gasteiger partial charge in [-0.05, 0) is 78.6 Å². The second-order valence-electron chi connectivity index (χ2n) is 11.5. The smallest absolute Gasteiger partial charge is 0.662 e. The summed E-state index contributed by atoms with van der Waals surface area (Å²) >= 11 is 12.4. The SMILES string of the molecule is O=C(Oc1ccc(Cl)cc1)N1CCc2c([nH]c3ccc(Cl)cc23)C1c1ccc(OCCCCCC[N-]CCCn2ccnc2)cc1.[Li+]. The van der Waals surface area contributed by atoms with E-state index in [0.29, 0.717) is 35.4 Å². The molecule has 0 saturated heterocycles. The molecule has 3 aromatic carbocycles. The van der Waals surface area contributed by atoms with E-state index in [1.54, 1.807) is 29.2 Å². The van der Waals surface area contributed by atoms with Crippen molar-refractivity contribution in [3.8, 4) is 11.5 Å². The first-order valence-electron chi connectivity index (χ1n) is 15.9. The number of imidazole rings is 1. The molecule has 1 N–H and O–H groups in total. The number of H-pyrrole nitrogens is 1. The van der Waals surface area contributed by atoms with Crippen molar-refractivity contribution >= 4 is 40.2 Å². The number of fused-ring (bicyclic) bond motifs is 3. The average Bonchev–Trinajstić information content (AvgIpc) is 3.72. The van der Waals surface area contributed by atoms with Gasteiger partial charge < -0.3 is 24.3 Å². The monoisotopic (exact) mass is 665 g/mol. The summed E-state index contributed by atoms with van der Waals surface area (Å²) in [5, 5.41) is 6.99. The maximum atomic E-state index is 13.5. The predicted octanol–water partition coefficient (Wildman–Crippen LogP) is 6.22. The molecule has 11 heteroatoms. The van der Waals surface area contributed by atoms with Crippen LogP contribution in [0.3, 0.4) is 0 Å². The number of unbranched alkanes of at least 4 members (excludes halogenated alkanes) is 3. The zero-order chi connectivity index (χ0) is 31.7. The maximum absolute atomic E-state index is 13.5. The molecule has 1 aliphatic rings. The van der Waals surface area contributed by atoms with Gasteiger partial charge in [0.2, 0.25) is 0 Å². The number of amides is 1. The molecule has 8 nitrogen and oxygen atoms in total. The number of carbonyl (C=O) groups excluding carboxylic acids is 1. The standard InChI is InChI=1S/C36H38Cl2N5O3.Li/c37-27-8-13-30(14-9-27)46-36(44)43-21-16-31-32-24-28(38)10-15-33(32)41-34(31)35(43)26-6-11-29(12-7-26)45-23-4-2-1-3-17-39-18-5-20-42-22-19-40-25-42;/h6-15,19,22,24-25,35,41H,1-5,16-18,20-21,23H2;/q-1;+1. The van der Waals surface area contributed by atoms with Crippen molar-refractivity contribution in [3.05, 3.63) is 118 Å². The van der Waals surface area contributed by atoms with E-state index in [0.717, 1.165) is 79.6 Å². The minimum absolute atomic E-state index is 0. The second-order valence-corrected chi connectivity index (χ2v) is 12.4. The largest absolute Gasteiger partial charge is 1.00 e. The predicted molar refractivity (Wildman–Crippen MR) is 183 cm³/mol. The van der Waals surface area contributed by atoms with Crippen LogP contribution in [-0.2, 0) is 13.0 Å². The van der Waals surface area contributed by atoms with Gasteiger partial charge in [-0.1, -0.05) is 61.0 Å². The third-order valence-corrected chi connectivity index (χ3v) is 8.80. The zero-order valence-corrected chi connectivity index (χ0v) is 28.2. The Bertz CT molecular complexity index is 1710. The van der Waals surface area contributed by atoms with Gasteiger partial charge in [0.15, 0.2) is 0 Å². The van der Waals surface area contributed by atoms with Crippen LogP contribution >= 0.6 is 23.2 Å². The minimum atomic E-state index is -0.419. The molecule has 0 aliphatic carbocycles. The van der Waals surface area contributed by atoms with Crippen LogP contribution in [0, 0.1) is 0 Å². The third kappa shape index (κ3) is 9.16. The Balaban J connectivity index is 0.00000433. The van der Waals surface area contributed by atoms with E-state index < -0.39 is 6.09 Å². The number of hydrogen-bond acceptors (Lipinski definition) is 4. The molecule has 3 heterocycles. The molecule has 0 bridgehead atoms. The third-order valence-electron chi connectivity index (χ3n) is 8.31. The molecule has 0 spiro atoms. The molecule has 6 rings (SSSR count). The summed E-state index contributed by atoms with van der Waals surface area (Å²) < 4.78 is 13.9. The number of nitrogens with one attached hydrogen (secondary N) is 1. The topological polar surface area (TPSA) is 86.5 Å². The van der Waals surface area contributed by atoms with Crippen molar-refractivity contribution in [2.24, 2.45) is 0 Å². The number of aromatic amines is 1. The van der Waals surface area contributed by atoms with Crippen LogP contribution in [0.15, 0.2) is 85.5 Å². The van der Waals surface area contributed by atoms with Crippen molar-refractivity contribution in [1.82, 2.24) is 19.4 Å². The molecule has 1 aliphatic heterocycles. The summed E-state index contributed by atoms with van der Waals surface area (Å²) in [6, 6.07) is 20.3. The molecule has 0 fully saturated rings. The molecular formula is C36H38Cl2LiN5O3. The molecular weight excluding hydrogens is 628 g/mol. The van der Waals surface area contributed by atoms with Crippen LogP contribution in [0.1, 0.15) is 55.0 Å². The number of aromatic nitrogens is 3. The fourth-order valence-corrected chi connectivity index (χ4v) is 6.28. The summed E-state index contributed by atoms with van der Waals surface area (Å²) in [4.78, 5) is 23.0. The number of carbonyl (C=O) groups is 1. The van der Waals surface area contributed by atoms with Gasteiger partial charge in [-0.2, -0.15) is 0 Å². The molecule has 5 aromatic rings. The van der Waals surface area contributed by atoms with Crippen LogP contribution in [0.2, 0.25) is 10.0 Å². The van der Waals surface area contributed by atoms with Crippen LogP contribution in [0.4, 0.5) is 4.79 Å². The van der Waals surface area contributed by atoms with Crippen molar-refractivity contribution in [2.45, 2.75) is 51.1 Å². The molecule has 0 radical (unpaired) electrons. The van der Waals surface area contributed by atoms with E-state index in [-0.39, 0.29) is 24.9 Å². The van der Waals surface area contributed by atoms with Gasteiger partial charge in [-0.3, -0.25) is 4.90 Å². The Morgan fingerprint density at radius 3 is 2.45 bits per heavy atom. The van der Waals surface area contributed by atoms with E-state index >= 15 is 0 Å². The fraction of sp³-hybridized carbons (Fsp3) is 0.333. The van der Waals surface area contributed by atoms with E-state index in [9.17, 15) is 4.79 Å². The fourth-order valence-electron chi connectivity index (χ4n) is 5.98. The molecule has 1 unspecified atom stereocenters. The number of aryl methyl sites for hydroxylation is 1. The van der Waals surface area contributed by atoms with Gasteiger partial charge in [0.1, 0.15) is 17.5 Å². The van der Waals surface area contributed by atoms with E-state index in [1.165, 1.54) is 5.56 Å². The van der Waals surface area contributed by atoms with Crippen LogP contribution in [0.5, 0.6) is 11.5 Å². The first kappa shape index (κ1) is 34.9. The van der Waals surface area contributed by atoms with Gasteiger partial charge in [-0.15, -0.1) is 13.1 Å². The van der Waals surface area contributed by atoms with Gasteiger partial charge >= 0.3 is 25.0 Å². The Kier molecular flexibility index (Phi) is 12.7. The molecule has 2 aromatic heterocycles. The zero-order valence-electron chi connectivity index (χ0n) is 26.7. The van der Waals surface area contributed by atoms with Crippen molar-refractivity contribution in [1.29, 1.82) is 0 Å². The number of hydrogen-bond donors (Lipinski definition) is 1. The molecule has 47 heavy (non-hydrogen) atoms. The Morgan fingerprint density at radius 1 is 0.915 bits per heavy atom. The quantitative estimate of drug-likeness (QED) is 0.113. The van der Waals surface area contributed by atoms with Crippen molar-refractivity contribution < 1.29 is 33.1 Å². The van der Waals surface area contributed by atoms with Crippen LogP contribution in [-0.4, -0.2) is 51.8 Å². The van der Waals surface area contributed by atoms with Gasteiger partial charge in [0, 0.05) is 52.1 Å². The molecule has 240 valence electrons. The Labute approximate surface area is 297 Å². The number of benzene rings is 3. The summed E-state index contributed by atoms with van der Waals surface area (Å²) in [5.74, 6) is 1.26. The van der Waals surface area contributed by atoms with Gasteiger partial charge in [-0.25, -0.2) is 9.78 Å². The van der Waals surface area contributed by atoms with E-state index in [4.69, 9.17) is 32.7 Å². The number of ether oxygens (including phenoxy) is 2. The number of rotatable bonds is 14. The Morgan fingerprint density at radius 2 is 1.66 bits per heavy atom. The second kappa shape index (κ2) is 17.1.